The zero-order valence-electron chi connectivity index (χ0n) is 31.2. The van der Waals surface area contributed by atoms with Crippen molar-refractivity contribution in [3.8, 4) is 17.2 Å². The molecule has 4 heterocycles. The fourth-order valence-electron chi connectivity index (χ4n) is 7.54. The van der Waals surface area contributed by atoms with E-state index in [0.29, 0.717) is 47.2 Å². The van der Waals surface area contributed by atoms with Gasteiger partial charge in [-0.3, -0.25) is 14.5 Å². The number of hydrogen-bond donors (Lipinski definition) is 6. The second-order valence-electron chi connectivity index (χ2n) is 14.2. The summed E-state index contributed by atoms with van der Waals surface area (Å²) < 4.78 is 17.7. The van der Waals surface area contributed by atoms with Crippen molar-refractivity contribution in [2.24, 2.45) is 5.92 Å². The standard InChI is InChI=1S/C43H47N5O8/c1-2-54-37-22-31(12-11-30(37)23-44-24-36(50)33-13-15-35(49)42-34(33)14-16-39(51)46-42)45-40(52)26-55-32-10-6-9-29(21-32)41(28-7-4-3-5-8-28)47-43(53)56-38-25-48-19-17-27(38)18-20-48/h3-16,21-22,27,36,38,41,44,49-50H,2,17-20,23-26H2,1H3,(H,45,52)(H,46,51)(H,47,53)/t36-,38-,41-/m0/s1. The lowest BCUT2D eigenvalue weighted by atomic mass is 9.86. The Balaban J connectivity index is 0.946. The number of H-pyrrole nitrogens is 1. The number of piperidine rings is 3. The molecule has 13 heteroatoms. The van der Waals surface area contributed by atoms with Gasteiger partial charge in [-0.2, -0.15) is 0 Å². The van der Waals surface area contributed by atoms with E-state index in [1.807, 2.05) is 61.5 Å². The number of rotatable bonds is 15. The van der Waals surface area contributed by atoms with E-state index in [1.165, 1.54) is 12.1 Å². The number of aliphatic hydroxyl groups is 1. The number of amides is 2. The average molecular weight is 762 g/mol. The van der Waals surface area contributed by atoms with Crippen LogP contribution >= 0.6 is 0 Å². The highest BCUT2D eigenvalue weighted by atomic mass is 16.6. The van der Waals surface area contributed by atoms with E-state index < -0.39 is 18.2 Å². The summed E-state index contributed by atoms with van der Waals surface area (Å²) in [6, 6.07) is 27.8. The number of phenols is 1. The van der Waals surface area contributed by atoms with E-state index >= 15 is 0 Å². The molecule has 1 aromatic heterocycles. The highest BCUT2D eigenvalue weighted by Crippen LogP contribution is 2.32. The molecule has 3 aliphatic heterocycles. The van der Waals surface area contributed by atoms with Crippen molar-refractivity contribution < 1.29 is 34.0 Å². The summed E-state index contributed by atoms with van der Waals surface area (Å²) in [5, 5.41) is 30.9. The molecule has 4 aromatic carbocycles. The number of hydrogen-bond acceptors (Lipinski definition) is 10. The van der Waals surface area contributed by atoms with Crippen molar-refractivity contribution in [1.82, 2.24) is 20.5 Å². The largest absolute Gasteiger partial charge is 0.506 e. The molecule has 292 valence electrons. The van der Waals surface area contributed by atoms with E-state index in [4.69, 9.17) is 14.2 Å². The minimum atomic E-state index is -0.921. The van der Waals surface area contributed by atoms with Gasteiger partial charge in [-0.15, -0.1) is 0 Å². The predicted octanol–water partition coefficient (Wildman–Crippen LogP) is 5.38. The number of phenolic OH excluding ortho intramolecular Hbond substituents is 1. The van der Waals surface area contributed by atoms with Gasteiger partial charge in [0.2, 0.25) is 5.56 Å². The van der Waals surface area contributed by atoms with Crippen LogP contribution in [0, 0.1) is 5.92 Å². The Morgan fingerprint density at radius 3 is 2.50 bits per heavy atom. The van der Waals surface area contributed by atoms with Crippen LogP contribution in [-0.4, -0.2) is 77.6 Å². The number of carbonyl (C=O) groups is 2. The van der Waals surface area contributed by atoms with Crippen molar-refractivity contribution in [2.75, 3.05) is 44.7 Å². The summed E-state index contributed by atoms with van der Waals surface area (Å²) >= 11 is 0. The lowest BCUT2D eigenvalue weighted by molar-refractivity contribution is -0.118. The smallest absolute Gasteiger partial charge is 0.408 e. The Hall–Kier alpha value is -5.89. The van der Waals surface area contributed by atoms with Crippen LogP contribution in [0.2, 0.25) is 0 Å². The summed E-state index contributed by atoms with van der Waals surface area (Å²) in [6.07, 6.45) is 0.591. The molecule has 56 heavy (non-hydrogen) atoms. The number of nitrogens with one attached hydrogen (secondary N) is 4. The van der Waals surface area contributed by atoms with Gasteiger partial charge in [-0.1, -0.05) is 54.6 Å². The highest BCUT2D eigenvalue weighted by molar-refractivity contribution is 5.92. The molecule has 3 fully saturated rings. The Morgan fingerprint density at radius 1 is 0.929 bits per heavy atom. The Kier molecular flexibility index (Phi) is 12.1. The molecule has 3 saturated heterocycles. The summed E-state index contributed by atoms with van der Waals surface area (Å²) in [5.41, 5.74) is 3.50. The van der Waals surface area contributed by atoms with Crippen molar-refractivity contribution in [3.05, 3.63) is 130 Å². The fraction of sp³-hybridized carbons (Fsp3) is 0.326. The summed E-state index contributed by atoms with van der Waals surface area (Å²) in [6.45, 7) is 5.46. The molecule has 0 unspecified atom stereocenters. The molecule has 5 aromatic rings. The minimum Gasteiger partial charge on any atom is -0.506 e. The third-order valence-electron chi connectivity index (χ3n) is 10.4. The predicted molar refractivity (Wildman–Crippen MR) is 212 cm³/mol. The summed E-state index contributed by atoms with van der Waals surface area (Å²) in [4.78, 5) is 43.0. The van der Waals surface area contributed by atoms with Gasteiger partial charge in [0.05, 0.1) is 24.3 Å². The molecule has 8 rings (SSSR count). The van der Waals surface area contributed by atoms with Crippen LogP contribution in [0.3, 0.4) is 0 Å². The Morgan fingerprint density at radius 2 is 1.73 bits per heavy atom. The maximum absolute atomic E-state index is 13.2. The van der Waals surface area contributed by atoms with Crippen LogP contribution in [0.5, 0.6) is 17.2 Å². The van der Waals surface area contributed by atoms with E-state index in [2.05, 4.69) is 25.8 Å². The molecular weight excluding hydrogens is 715 g/mol. The number of fused-ring (bicyclic) bond motifs is 4. The van der Waals surface area contributed by atoms with Crippen LogP contribution in [0.4, 0.5) is 10.5 Å². The first kappa shape index (κ1) is 38.4. The van der Waals surface area contributed by atoms with Crippen molar-refractivity contribution in [1.29, 1.82) is 0 Å². The number of alkyl carbamates (subject to hydrolysis) is 1. The van der Waals surface area contributed by atoms with Crippen molar-refractivity contribution >= 4 is 28.6 Å². The van der Waals surface area contributed by atoms with E-state index in [-0.39, 0.29) is 42.0 Å². The zero-order valence-corrected chi connectivity index (χ0v) is 31.2. The molecule has 6 N–H and O–H groups in total. The number of anilines is 1. The van der Waals surface area contributed by atoms with Crippen LogP contribution < -0.4 is 31.0 Å². The van der Waals surface area contributed by atoms with Gasteiger partial charge in [0.1, 0.15) is 23.4 Å². The fourth-order valence-corrected chi connectivity index (χ4v) is 7.54. The number of aliphatic hydroxyl groups excluding tert-OH is 1. The van der Waals surface area contributed by atoms with Crippen molar-refractivity contribution in [3.63, 3.8) is 0 Å². The number of nitrogens with zero attached hydrogens (tertiary/aromatic N) is 1. The Labute approximate surface area is 324 Å². The lowest BCUT2D eigenvalue weighted by Crippen LogP contribution is -2.52. The number of aromatic nitrogens is 1. The minimum absolute atomic E-state index is 0.0736. The number of pyridine rings is 1. The molecule has 0 saturated carbocycles. The average Bonchev–Trinajstić information content (AvgIpc) is 3.21. The van der Waals surface area contributed by atoms with Gasteiger partial charge < -0.3 is 45.4 Å². The highest BCUT2D eigenvalue weighted by Gasteiger charge is 2.37. The van der Waals surface area contributed by atoms with Gasteiger partial charge in [-0.05, 0) is 85.8 Å². The monoisotopic (exact) mass is 761 g/mol. The van der Waals surface area contributed by atoms with Gasteiger partial charge in [0.15, 0.2) is 6.61 Å². The summed E-state index contributed by atoms with van der Waals surface area (Å²) in [7, 11) is 0. The molecule has 0 spiro atoms. The molecule has 2 amide bonds. The normalized spacial score (nSPS) is 18.5. The van der Waals surface area contributed by atoms with Gasteiger partial charge in [-0.25, -0.2) is 4.79 Å². The van der Waals surface area contributed by atoms with Crippen molar-refractivity contribution in [2.45, 2.75) is 44.6 Å². The molecule has 0 radical (unpaired) electrons. The van der Waals surface area contributed by atoms with Gasteiger partial charge in [0, 0.05) is 48.4 Å². The van der Waals surface area contributed by atoms with Crippen LogP contribution in [0.1, 0.15) is 54.2 Å². The number of aromatic amines is 1. The second-order valence-corrected chi connectivity index (χ2v) is 14.2. The quantitative estimate of drug-likeness (QED) is 0.0813. The first-order valence-electron chi connectivity index (χ1n) is 19.0. The molecular formula is C43H47N5O8. The van der Waals surface area contributed by atoms with Crippen LogP contribution in [0.25, 0.3) is 10.9 Å². The second kappa shape index (κ2) is 17.7. The van der Waals surface area contributed by atoms with Gasteiger partial charge in [0.25, 0.3) is 5.91 Å². The lowest BCUT2D eigenvalue weighted by Gasteiger charge is -2.43. The first-order chi connectivity index (χ1) is 27.2. The van der Waals surface area contributed by atoms with Crippen LogP contribution in [0.15, 0.2) is 102 Å². The number of carbonyl (C=O) groups excluding carboxylic acids is 2. The SMILES string of the molecule is CCOc1cc(NC(=O)COc2cccc([C@@H](NC(=O)O[C@H]3CN4CCC3CC4)c3ccccc3)c2)ccc1CNC[C@H](O)c1ccc(O)c2[nH]c(=O)ccc12. The third kappa shape index (κ3) is 9.31. The molecule has 3 aliphatic rings. The Bertz CT molecular complexity index is 2200. The van der Waals surface area contributed by atoms with Crippen LogP contribution in [-0.2, 0) is 16.1 Å². The molecule has 0 aliphatic carbocycles. The zero-order chi connectivity index (χ0) is 39.0. The van der Waals surface area contributed by atoms with Gasteiger partial charge >= 0.3 is 6.09 Å². The topological polar surface area (TPSA) is 174 Å². The molecule has 3 atom stereocenters. The maximum atomic E-state index is 13.2. The summed E-state index contributed by atoms with van der Waals surface area (Å²) in [5.74, 6) is 0.993. The van der Waals surface area contributed by atoms with E-state index in [9.17, 15) is 24.6 Å². The molecule has 2 bridgehead atoms. The number of benzene rings is 4. The third-order valence-corrected chi connectivity index (χ3v) is 10.4. The number of aromatic hydroxyl groups is 1. The maximum Gasteiger partial charge on any atom is 0.408 e. The van der Waals surface area contributed by atoms with E-state index in [0.717, 1.165) is 49.2 Å². The number of ether oxygens (including phenoxy) is 3. The first-order valence-corrected chi connectivity index (χ1v) is 19.0. The molecule has 13 nitrogen and oxygen atoms in total. The van der Waals surface area contributed by atoms with E-state index in [1.54, 1.807) is 30.3 Å².